The van der Waals surface area contributed by atoms with Gasteiger partial charge in [0, 0.05) is 12.0 Å². The van der Waals surface area contributed by atoms with Crippen molar-refractivity contribution in [1.82, 2.24) is 10.9 Å². The minimum absolute atomic E-state index is 0.0425. The van der Waals surface area contributed by atoms with Gasteiger partial charge in [-0.15, -0.1) is 0 Å². The first-order valence-corrected chi connectivity index (χ1v) is 9.59. The van der Waals surface area contributed by atoms with Gasteiger partial charge in [-0.1, -0.05) is 6.07 Å². The van der Waals surface area contributed by atoms with Crippen molar-refractivity contribution in [2.75, 3.05) is 0 Å². The molecule has 0 aliphatic heterocycles. The number of hydrogen-bond donors (Lipinski definition) is 2. The van der Waals surface area contributed by atoms with Gasteiger partial charge in [-0.25, -0.2) is 0 Å². The summed E-state index contributed by atoms with van der Waals surface area (Å²) >= 11 is 0. The molecule has 4 fully saturated rings. The molecular weight excluding hydrogens is 312 g/mol. The van der Waals surface area contributed by atoms with E-state index in [1.165, 1.54) is 38.5 Å². The van der Waals surface area contributed by atoms with Gasteiger partial charge in [0.05, 0.1) is 0 Å². The highest BCUT2D eigenvalue weighted by Crippen LogP contribution is 2.61. The molecule has 4 aliphatic carbocycles. The maximum Gasteiger partial charge on any atom is 0.269 e. The van der Waals surface area contributed by atoms with Crippen molar-refractivity contribution >= 4 is 11.8 Å². The predicted molar refractivity (Wildman–Crippen MR) is 96.7 cm³/mol. The van der Waals surface area contributed by atoms with E-state index in [1.807, 2.05) is 26.0 Å². The van der Waals surface area contributed by atoms with Crippen molar-refractivity contribution in [3.8, 4) is 0 Å². The van der Waals surface area contributed by atoms with Crippen LogP contribution in [0, 0.1) is 37.0 Å². The van der Waals surface area contributed by atoms with E-state index in [4.69, 9.17) is 0 Å². The first-order chi connectivity index (χ1) is 11.9. The van der Waals surface area contributed by atoms with E-state index in [1.54, 1.807) is 6.07 Å². The van der Waals surface area contributed by atoms with Crippen molar-refractivity contribution in [3.63, 3.8) is 0 Å². The topological polar surface area (TPSA) is 58.2 Å². The highest BCUT2D eigenvalue weighted by atomic mass is 16.2. The average Bonchev–Trinajstić information content (AvgIpc) is 2.53. The monoisotopic (exact) mass is 340 g/mol. The molecule has 0 radical (unpaired) electrons. The molecule has 4 bridgehead atoms. The van der Waals surface area contributed by atoms with Crippen LogP contribution >= 0.6 is 0 Å². The number of hydrogen-bond acceptors (Lipinski definition) is 2. The summed E-state index contributed by atoms with van der Waals surface area (Å²) in [5.41, 5.74) is 8.25. The fourth-order valence-electron chi connectivity index (χ4n) is 5.97. The number of carbonyl (C=O) groups excluding carboxylic acids is 2. The fourth-order valence-corrected chi connectivity index (χ4v) is 5.97. The summed E-state index contributed by atoms with van der Waals surface area (Å²) in [5, 5.41) is 0. The van der Waals surface area contributed by atoms with Crippen LogP contribution in [0.5, 0.6) is 0 Å². The maximum absolute atomic E-state index is 12.5. The quantitative estimate of drug-likeness (QED) is 0.825. The molecule has 25 heavy (non-hydrogen) atoms. The molecule has 0 spiro atoms. The van der Waals surface area contributed by atoms with Crippen molar-refractivity contribution in [2.24, 2.45) is 23.2 Å². The molecule has 4 nitrogen and oxygen atoms in total. The standard InChI is InChI=1S/C21H28N2O2/c1-13-3-4-18(5-14(13)2)20(25)23-22-19(24)12-21-9-15-6-16(10-21)8-17(7-15)11-21/h3-5,15-17H,6-12H2,1-2H3,(H,22,24)(H,23,25). The van der Waals surface area contributed by atoms with Gasteiger partial charge < -0.3 is 0 Å². The average molecular weight is 340 g/mol. The zero-order valence-corrected chi connectivity index (χ0v) is 15.2. The van der Waals surface area contributed by atoms with Crippen molar-refractivity contribution in [1.29, 1.82) is 0 Å². The van der Waals surface area contributed by atoms with E-state index in [0.29, 0.717) is 12.0 Å². The van der Waals surface area contributed by atoms with Crippen LogP contribution in [-0.4, -0.2) is 11.8 Å². The molecule has 4 heteroatoms. The molecule has 4 saturated carbocycles. The minimum atomic E-state index is -0.248. The molecule has 0 unspecified atom stereocenters. The molecule has 134 valence electrons. The van der Waals surface area contributed by atoms with Crippen LogP contribution in [0.25, 0.3) is 0 Å². The Hall–Kier alpha value is -1.84. The lowest BCUT2D eigenvalue weighted by atomic mass is 9.49. The van der Waals surface area contributed by atoms with Gasteiger partial charge in [-0.3, -0.25) is 20.4 Å². The summed E-state index contributed by atoms with van der Waals surface area (Å²) < 4.78 is 0. The number of hydrazine groups is 1. The minimum Gasteiger partial charge on any atom is -0.273 e. The Morgan fingerprint density at radius 1 is 0.960 bits per heavy atom. The number of nitrogens with one attached hydrogen (secondary N) is 2. The largest absolute Gasteiger partial charge is 0.273 e. The molecule has 0 atom stereocenters. The van der Waals surface area contributed by atoms with Crippen LogP contribution in [0.4, 0.5) is 0 Å². The molecule has 2 N–H and O–H groups in total. The Morgan fingerprint density at radius 2 is 1.56 bits per heavy atom. The smallest absolute Gasteiger partial charge is 0.269 e. The summed E-state index contributed by atoms with van der Waals surface area (Å²) in [4.78, 5) is 24.7. The van der Waals surface area contributed by atoms with E-state index in [9.17, 15) is 9.59 Å². The summed E-state index contributed by atoms with van der Waals surface area (Å²) in [6, 6.07) is 5.58. The lowest BCUT2D eigenvalue weighted by Gasteiger charge is -2.56. The van der Waals surface area contributed by atoms with Crippen LogP contribution < -0.4 is 10.9 Å². The SMILES string of the molecule is Cc1ccc(C(=O)NNC(=O)CC23CC4CC(CC(C4)C2)C3)cc1C. The van der Waals surface area contributed by atoms with Crippen molar-refractivity contribution < 1.29 is 9.59 Å². The van der Waals surface area contributed by atoms with E-state index in [0.717, 1.165) is 28.9 Å². The first kappa shape index (κ1) is 16.6. The molecule has 0 aromatic heterocycles. The Bertz CT molecular complexity index is 675. The number of rotatable bonds is 3. The van der Waals surface area contributed by atoms with E-state index < -0.39 is 0 Å². The third-order valence-electron chi connectivity index (χ3n) is 6.79. The van der Waals surface area contributed by atoms with Crippen LogP contribution in [0.2, 0.25) is 0 Å². The van der Waals surface area contributed by atoms with Crippen molar-refractivity contribution in [3.05, 3.63) is 34.9 Å². The molecule has 1 aromatic rings. The predicted octanol–water partition coefficient (Wildman–Crippen LogP) is 3.67. The summed E-state index contributed by atoms with van der Waals surface area (Å²) in [7, 11) is 0. The third-order valence-corrected chi connectivity index (χ3v) is 6.79. The van der Waals surface area contributed by atoms with Crippen LogP contribution in [-0.2, 0) is 4.79 Å². The van der Waals surface area contributed by atoms with Gasteiger partial charge in [0.2, 0.25) is 5.91 Å². The van der Waals surface area contributed by atoms with Gasteiger partial charge >= 0.3 is 0 Å². The third kappa shape index (κ3) is 3.31. The van der Waals surface area contributed by atoms with Crippen LogP contribution in [0.3, 0.4) is 0 Å². The Labute approximate surface area is 149 Å². The zero-order valence-electron chi connectivity index (χ0n) is 15.2. The molecule has 2 amide bonds. The van der Waals surface area contributed by atoms with Gasteiger partial charge in [0.25, 0.3) is 5.91 Å². The first-order valence-electron chi connectivity index (χ1n) is 9.59. The van der Waals surface area contributed by atoms with Gasteiger partial charge in [-0.2, -0.15) is 0 Å². The Kier molecular flexibility index (Phi) is 4.09. The molecule has 0 heterocycles. The summed E-state index contributed by atoms with van der Waals surface area (Å²) in [6.07, 6.45) is 8.31. The lowest BCUT2D eigenvalue weighted by Crippen LogP contribution is -2.50. The second-order valence-corrected chi connectivity index (χ2v) is 8.90. The second-order valence-electron chi connectivity index (χ2n) is 8.90. The van der Waals surface area contributed by atoms with Crippen LogP contribution in [0.1, 0.15) is 66.4 Å². The fraction of sp³-hybridized carbons (Fsp3) is 0.619. The normalized spacial score (nSPS) is 32.5. The molecular formula is C21H28N2O2. The molecule has 4 aliphatic rings. The van der Waals surface area contributed by atoms with E-state index in [2.05, 4.69) is 10.9 Å². The van der Waals surface area contributed by atoms with E-state index in [-0.39, 0.29) is 17.2 Å². The zero-order chi connectivity index (χ0) is 17.6. The lowest BCUT2D eigenvalue weighted by molar-refractivity contribution is -0.130. The molecule has 1 aromatic carbocycles. The number of aryl methyl sites for hydroxylation is 2. The highest BCUT2D eigenvalue weighted by molar-refractivity contribution is 5.95. The van der Waals surface area contributed by atoms with Gasteiger partial charge in [0.1, 0.15) is 0 Å². The Balaban J connectivity index is 1.33. The number of carbonyl (C=O) groups is 2. The second kappa shape index (κ2) is 6.15. The molecule has 0 saturated heterocycles. The van der Waals surface area contributed by atoms with Crippen molar-refractivity contribution in [2.45, 2.75) is 58.8 Å². The van der Waals surface area contributed by atoms with Gasteiger partial charge in [-0.05, 0) is 98.8 Å². The van der Waals surface area contributed by atoms with Gasteiger partial charge in [0.15, 0.2) is 0 Å². The molecule has 5 rings (SSSR count). The number of benzene rings is 1. The Morgan fingerprint density at radius 3 is 2.12 bits per heavy atom. The van der Waals surface area contributed by atoms with Crippen LogP contribution in [0.15, 0.2) is 18.2 Å². The summed E-state index contributed by atoms with van der Waals surface area (Å²) in [6.45, 7) is 4.00. The maximum atomic E-state index is 12.5. The number of amides is 2. The highest BCUT2D eigenvalue weighted by Gasteiger charge is 2.51. The summed E-state index contributed by atoms with van der Waals surface area (Å²) in [5.74, 6) is 2.22. The van der Waals surface area contributed by atoms with E-state index >= 15 is 0 Å².